The molecule has 0 aliphatic carbocycles. The Morgan fingerprint density at radius 1 is 1.00 bits per heavy atom. The van der Waals surface area contributed by atoms with E-state index < -0.39 is 0 Å². The quantitative estimate of drug-likeness (QED) is 0.405. The van der Waals surface area contributed by atoms with Gasteiger partial charge < -0.3 is 0 Å². The summed E-state index contributed by atoms with van der Waals surface area (Å²) in [5, 5.41) is 0. The first-order valence-corrected chi connectivity index (χ1v) is 0. The Morgan fingerprint density at radius 3 is 1.00 bits per heavy atom. The van der Waals surface area contributed by atoms with Crippen LogP contribution >= 0.6 is 0 Å². The molecule has 0 aromatic rings. The van der Waals surface area contributed by atoms with Gasteiger partial charge >= 0.3 is 0 Å². The van der Waals surface area contributed by atoms with E-state index in [9.17, 15) is 0 Å². The van der Waals surface area contributed by atoms with Gasteiger partial charge in [0, 0.05) is 157 Å². The zero-order valence-corrected chi connectivity index (χ0v) is 14.4. The minimum absolute atomic E-state index is 0. The Kier molecular flexibility index (Phi) is 364. The van der Waals surface area contributed by atoms with Crippen molar-refractivity contribution in [1.29, 1.82) is 0 Å². The van der Waals surface area contributed by atoms with Crippen LogP contribution in [0.5, 0.6) is 0 Å². The largest absolute Gasteiger partial charge is 0 e. The molecular formula is CeCoFeMnNiTiZr. The Hall–Kier alpha value is 5.01. The van der Waals surface area contributed by atoms with Gasteiger partial charge in [-0.1, -0.05) is 0 Å². The SMILES string of the molecule is [Ce].[Co].[Fe].[Mn].[Ni].[Ti].[Zr]. The fourth-order valence-corrected chi connectivity index (χ4v) is 0. The van der Waals surface area contributed by atoms with Gasteiger partial charge in [0.15, 0.2) is 0 Å². The van der Waals surface area contributed by atoms with Crippen LogP contribution in [0.1, 0.15) is 0 Å². The van der Waals surface area contributed by atoms with E-state index in [2.05, 4.69) is 0 Å². The molecule has 0 spiro atoms. The fourth-order valence-electron chi connectivity index (χ4n) is 0. The van der Waals surface area contributed by atoms with E-state index in [0.29, 0.717) is 0 Å². The third-order valence-corrected chi connectivity index (χ3v) is 0. The summed E-state index contributed by atoms with van der Waals surface area (Å²) in [6.45, 7) is 0. The van der Waals surface area contributed by atoms with Crippen molar-refractivity contribution in [1.82, 2.24) is 0 Å². The summed E-state index contributed by atoms with van der Waals surface area (Å²) >= 11 is 0. The Morgan fingerprint density at radius 2 is 1.00 bits per heavy atom. The normalized spacial score (nSPS) is 0. The maximum absolute atomic E-state index is 0. The molecule has 2 radical (unpaired) electrons. The molecule has 0 amide bonds. The number of hydrogen-bond acceptors (Lipinski definition) is 0. The van der Waals surface area contributed by atoms with E-state index in [1.807, 2.05) is 0 Å². The van der Waals surface area contributed by atoms with Crippen LogP contribution in [-0.4, -0.2) is 0 Å². The number of rotatable bonds is 0. The molecule has 7 heteroatoms. The summed E-state index contributed by atoms with van der Waals surface area (Å²) < 4.78 is 0. The Labute approximate surface area is 153 Å². The van der Waals surface area contributed by atoms with Crippen molar-refractivity contribution in [3.63, 3.8) is 0 Å². The molecule has 0 N–H and O–H groups in total. The van der Waals surface area contributed by atoms with Crippen LogP contribution in [0.2, 0.25) is 0 Å². The summed E-state index contributed by atoms with van der Waals surface area (Å²) in [4.78, 5) is 0. The van der Waals surface area contributed by atoms with Gasteiger partial charge in [-0.05, 0) is 0 Å². The molecule has 0 fully saturated rings. The van der Waals surface area contributed by atoms with Crippen molar-refractivity contribution in [3.05, 3.63) is 0 Å². The fraction of sp³-hybridized carbons (Fsp3) is 0. The average Bonchev–Trinajstić information content (AvgIpc) is 0. The van der Waals surface area contributed by atoms with Gasteiger partial charge in [0.1, 0.15) is 0 Å². The molecule has 0 saturated heterocycles. The van der Waals surface area contributed by atoms with Crippen molar-refractivity contribution in [2.75, 3.05) is 0 Å². The summed E-state index contributed by atoms with van der Waals surface area (Å²) in [5.41, 5.74) is 0. The van der Waals surface area contributed by atoms with Gasteiger partial charge in [0.2, 0.25) is 0 Å². The minimum atomic E-state index is 0. The van der Waals surface area contributed by atoms with Gasteiger partial charge in [-0.15, -0.1) is 0 Å². The van der Waals surface area contributed by atoms with Crippen LogP contribution in [0.25, 0.3) is 0 Å². The Balaban J connectivity index is 0. The molecule has 0 rings (SSSR count). The van der Waals surface area contributed by atoms with Crippen LogP contribution in [0.4, 0.5) is 0 Å². The first kappa shape index (κ1) is 58.0. The first-order chi connectivity index (χ1) is 0. The van der Waals surface area contributed by atoms with Gasteiger partial charge in [0.25, 0.3) is 0 Å². The van der Waals surface area contributed by atoms with Crippen LogP contribution in [0, 0.1) is 41.7 Å². The van der Waals surface area contributed by atoms with E-state index in [0.717, 1.165) is 0 Å². The summed E-state index contributed by atoms with van der Waals surface area (Å²) in [5.74, 6) is 0. The molecule has 0 unspecified atom stereocenters. The van der Waals surface area contributed by atoms with Crippen LogP contribution in [0.15, 0.2) is 0 Å². The zero-order valence-electron chi connectivity index (χ0n) is 2.88. The number of hydrogen-bond donors (Lipinski definition) is 0. The second-order valence-electron chi connectivity index (χ2n) is 0. The minimum Gasteiger partial charge on any atom is 0 e. The van der Waals surface area contributed by atoms with E-state index in [4.69, 9.17) is 0 Å². The predicted molar refractivity (Wildman–Crippen MR) is 0 cm³/mol. The summed E-state index contributed by atoms with van der Waals surface area (Å²) in [6.07, 6.45) is 0. The molecular weight excluding hydrogens is 508 g/mol. The van der Waals surface area contributed by atoms with Crippen LogP contribution in [0.3, 0.4) is 0 Å². The van der Waals surface area contributed by atoms with Crippen LogP contribution in [-0.2, 0) is 115 Å². The maximum Gasteiger partial charge on any atom is 0 e. The molecule has 0 atom stereocenters. The van der Waals surface area contributed by atoms with E-state index in [1.54, 1.807) is 0 Å². The van der Waals surface area contributed by atoms with Crippen LogP contribution < -0.4 is 0 Å². The van der Waals surface area contributed by atoms with Gasteiger partial charge in [-0.3, -0.25) is 0 Å². The van der Waals surface area contributed by atoms with Crippen molar-refractivity contribution >= 4 is 0 Å². The molecule has 0 nitrogen and oxygen atoms in total. The zero-order chi connectivity index (χ0) is 0. The first-order valence-electron chi connectivity index (χ1n) is 0. The summed E-state index contributed by atoms with van der Waals surface area (Å²) in [6, 6.07) is 0. The molecule has 0 aliphatic rings. The van der Waals surface area contributed by atoms with Crippen molar-refractivity contribution in [3.8, 4) is 0 Å². The molecule has 0 saturated carbocycles. The van der Waals surface area contributed by atoms with Crippen molar-refractivity contribution < 1.29 is 157 Å². The molecule has 46 valence electrons. The third-order valence-electron chi connectivity index (χ3n) is 0. The third kappa shape index (κ3) is 35.6. The molecule has 0 aliphatic heterocycles. The van der Waals surface area contributed by atoms with Gasteiger partial charge in [0.05, 0.1) is 0 Å². The predicted octanol–water partition coefficient (Wildman–Crippen LogP) is -0.0150. The van der Waals surface area contributed by atoms with Crippen molar-refractivity contribution in [2.24, 2.45) is 0 Å². The molecule has 0 aromatic heterocycles. The average molecular weight is 508 g/mol. The monoisotopic (exact) mass is 505 g/mol. The van der Waals surface area contributed by atoms with Gasteiger partial charge in [-0.25, -0.2) is 0 Å². The molecule has 0 aromatic carbocycles. The molecule has 7 heavy (non-hydrogen) atoms. The van der Waals surface area contributed by atoms with Gasteiger partial charge in [-0.2, -0.15) is 0 Å². The smallest absolute Gasteiger partial charge is 0 e. The second-order valence-corrected chi connectivity index (χ2v) is 0. The van der Waals surface area contributed by atoms with E-state index in [1.165, 1.54) is 0 Å². The Bertz CT molecular complexity index is 19.7. The topological polar surface area (TPSA) is 0 Å². The second kappa shape index (κ2) is 43.9. The summed E-state index contributed by atoms with van der Waals surface area (Å²) in [7, 11) is 0. The van der Waals surface area contributed by atoms with E-state index in [-0.39, 0.29) is 157 Å². The van der Waals surface area contributed by atoms with E-state index >= 15 is 0 Å². The molecule has 0 heterocycles. The maximum atomic E-state index is 0. The van der Waals surface area contributed by atoms with Crippen molar-refractivity contribution in [2.45, 2.75) is 0 Å². The standard InChI is InChI=1S/Ce.Co.Fe.Mn.Ni.Ti.Zr. The molecule has 0 bridgehead atoms.